The smallest absolute Gasteiger partial charge is 0.224 e. The maximum Gasteiger partial charge on any atom is 0.224 e. The van der Waals surface area contributed by atoms with E-state index >= 15 is 0 Å². The SMILES string of the molecule is COc1ccccc1-c1cc(C2=CCCN(C(=O)CCn3ccnn3)C2)cc2ccncc12. The second kappa shape index (κ2) is 9.24. The standard InChI is InChI=1S/C26H25N5O2/c1-33-25-7-3-2-6-22(25)23-16-21(15-19-8-10-27-17-24(19)23)20-5-4-12-30(18-20)26(32)9-13-31-14-11-28-29-31/h2-3,5-8,10-11,14-17H,4,9,12-13,18H2,1H3. The van der Waals surface area contributed by atoms with Crippen molar-refractivity contribution >= 4 is 22.3 Å². The molecule has 0 aliphatic carbocycles. The number of carbonyl (C=O) groups excluding carboxylic acids is 1. The van der Waals surface area contributed by atoms with Crippen molar-refractivity contribution in [2.75, 3.05) is 20.2 Å². The molecule has 0 N–H and O–H groups in total. The number of benzene rings is 2. The Labute approximate surface area is 192 Å². The van der Waals surface area contributed by atoms with Crippen molar-refractivity contribution < 1.29 is 9.53 Å². The summed E-state index contributed by atoms with van der Waals surface area (Å²) in [5.41, 5.74) is 4.37. The van der Waals surface area contributed by atoms with Crippen LogP contribution >= 0.6 is 0 Å². The van der Waals surface area contributed by atoms with Gasteiger partial charge in [-0.1, -0.05) is 29.5 Å². The van der Waals surface area contributed by atoms with Gasteiger partial charge in [0.2, 0.25) is 5.91 Å². The van der Waals surface area contributed by atoms with Gasteiger partial charge in [0.1, 0.15) is 5.75 Å². The Morgan fingerprint density at radius 2 is 2.03 bits per heavy atom. The number of aryl methyl sites for hydroxylation is 1. The fraction of sp³-hybridized carbons (Fsp3) is 0.231. The van der Waals surface area contributed by atoms with Gasteiger partial charge in [-0.25, -0.2) is 0 Å². The Morgan fingerprint density at radius 1 is 1.12 bits per heavy atom. The Hall–Kier alpha value is -4.00. The van der Waals surface area contributed by atoms with E-state index in [0.717, 1.165) is 51.8 Å². The van der Waals surface area contributed by atoms with E-state index in [1.807, 2.05) is 41.6 Å². The molecule has 1 amide bonds. The number of nitrogens with zero attached hydrogens (tertiary/aromatic N) is 5. The zero-order chi connectivity index (χ0) is 22.6. The van der Waals surface area contributed by atoms with E-state index in [4.69, 9.17) is 4.74 Å². The molecule has 7 heteroatoms. The normalized spacial score (nSPS) is 13.7. The number of methoxy groups -OCH3 is 1. The number of ether oxygens (including phenoxy) is 1. The largest absolute Gasteiger partial charge is 0.496 e. The first-order valence-corrected chi connectivity index (χ1v) is 11.1. The van der Waals surface area contributed by atoms with Crippen molar-refractivity contribution in [1.82, 2.24) is 24.9 Å². The second-order valence-corrected chi connectivity index (χ2v) is 8.07. The van der Waals surface area contributed by atoms with Gasteiger partial charge in [0.05, 0.1) is 19.9 Å². The molecular weight excluding hydrogens is 414 g/mol. The van der Waals surface area contributed by atoms with E-state index in [1.165, 1.54) is 0 Å². The Morgan fingerprint density at radius 3 is 2.88 bits per heavy atom. The summed E-state index contributed by atoms with van der Waals surface area (Å²) in [6, 6.07) is 14.4. The first kappa shape index (κ1) is 20.9. The molecule has 0 spiro atoms. The van der Waals surface area contributed by atoms with Crippen LogP contribution in [-0.2, 0) is 11.3 Å². The van der Waals surface area contributed by atoms with Crippen molar-refractivity contribution in [2.45, 2.75) is 19.4 Å². The molecule has 0 radical (unpaired) electrons. The summed E-state index contributed by atoms with van der Waals surface area (Å²) in [6.45, 7) is 1.87. The lowest BCUT2D eigenvalue weighted by Crippen LogP contribution is -2.35. The van der Waals surface area contributed by atoms with E-state index in [0.29, 0.717) is 19.5 Å². The van der Waals surface area contributed by atoms with Crippen molar-refractivity contribution in [3.63, 3.8) is 0 Å². The predicted octanol–water partition coefficient (Wildman–Crippen LogP) is 4.21. The third-order valence-corrected chi connectivity index (χ3v) is 6.05. The van der Waals surface area contributed by atoms with Crippen LogP contribution in [0.3, 0.4) is 0 Å². The summed E-state index contributed by atoms with van der Waals surface area (Å²) >= 11 is 0. The van der Waals surface area contributed by atoms with E-state index in [-0.39, 0.29) is 5.91 Å². The molecule has 7 nitrogen and oxygen atoms in total. The number of para-hydroxylation sites is 1. The highest BCUT2D eigenvalue weighted by molar-refractivity contribution is 6.00. The van der Waals surface area contributed by atoms with Crippen LogP contribution in [0.15, 0.2) is 73.3 Å². The number of hydrogen-bond donors (Lipinski definition) is 0. The first-order chi connectivity index (χ1) is 16.2. The molecule has 0 unspecified atom stereocenters. The van der Waals surface area contributed by atoms with Gasteiger partial charge < -0.3 is 9.64 Å². The molecule has 0 bridgehead atoms. The van der Waals surface area contributed by atoms with Crippen LogP contribution in [0.1, 0.15) is 18.4 Å². The van der Waals surface area contributed by atoms with E-state index < -0.39 is 0 Å². The molecule has 0 saturated heterocycles. The van der Waals surface area contributed by atoms with Gasteiger partial charge in [0.15, 0.2) is 0 Å². The van der Waals surface area contributed by atoms with Crippen LogP contribution in [-0.4, -0.2) is 51.0 Å². The van der Waals surface area contributed by atoms with E-state index in [2.05, 4.69) is 39.6 Å². The van der Waals surface area contributed by atoms with Crippen molar-refractivity contribution in [2.24, 2.45) is 0 Å². The topological polar surface area (TPSA) is 73.1 Å². The Kier molecular flexibility index (Phi) is 5.85. The average Bonchev–Trinajstić information content (AvgIpc) is 3.40. The summed E-state index contributed by atoms with van der Waals surface area (Å²) in [4.78, 5) is 19.2. The molecule has 2 aromatic carbocycles. The number of aromatic nitrogens is 4. The van der Waals surface area contributed by atoms with Gasteiger partial charge in [-0.05, 0) is 52.8 Å². The third kappa shape index (κ3) is 4.35. The van der Waals surface area contributed by atoms with Gasteiger partial charge in [0, 0.05) is 49.1 Å². The van der Waals surface area contributed by atoms with Crippen LogP contribution in [0, 0.1) is 0 Å². The monoisotopic (exact) mass is 439 g/mol. The summed E-state index contributed by atoms with van der Waals surface area (Å²) in [7, 11) is 1.69. The van der Waals surface area contributed by atoms with Crippen LogP contribution in [0.4, 0.5) is 0 Å². The van der Waals surface area contributed by atoms with Gasteiger partial charge in [0.25, 0.3) is 0 Å². The second-order valence-electron chi connectivity index (χ2n) is 8.07. The minimum absolute atomic E-state index is 0.131. The van der Waals surface area contributed by atoms with Gasteiger partial charge in [-0.2, -0.15) is 0 Å². The highest BCUT2D eigenvalue weighted by Gasteiger charge is 2.20. The van der Waals surface area contributed by atoms with Crippen molar-refractivity contribution in [3.8, 4) is 16.9 Å². The van der Waals surface area contributed by atoms with Crippen LogP contribution in [0.2, 0.25) is 0 Å². The van der Waals surface area contributed by atoms with Crippen LogP contribution in [0.5, 0.6) is 5.75 Å². The lowest BCUT2D eigenvalue weighted by molar-refractivity contribution is -0.131. The fourth-order valence-electron chi connectivity index (χ4n) is 4.36. The van der Waals surface area contributed by atoms with E-state index in [9.17, 15) is 4.79 Å². The first-order valence-electron chi connectivity index (χ1n) is 11.1. The molecule has 0 fully saturated rings. The zero-order valence-corrected chi connectivity index (χ0v) is 18.5. The van der Waals surface area contributed by atoms with Crippen molar-refractivity contribution in [1.29, 1.82) is 0 Å². The summed E-state index contributed by atoms with van der Waals surface area (Å²) in [5.74, 6) is 0.952. The number of pyridine rings is 1. The lowest BCUT2D eigenvalue weighted by Gasteiger charge is -2.28. The third-order valence-electron chi connectivity index (χ3n) is 6.05. The molecule has 0 atom stereocenters. The summed E-state index contributed by atoms with van der Waals surface area (Å²) in [6.07, 6.45) is 10.6. The maximum atomic E-state index is 12.9. The average molecular weight is 440 g/mol. The van der Waals surface area contributed by atoms with Gasteiger partial charge in [-0.3, -0.25) is 14.5 Å². The number of fused-ring (bicyclic) bond motifs is 1. The summed E-state index contributed by atoms with van der Waals surface area (Å²) < 4.78 is 7.33. The molecule has 3 heterocycles. The Bertz CT molecular complexity index is 1310. The fourth-order valence-corrected chi connectivity index (χ4v) is 4.36. The minimum atomic E-state index is 0.131. The molecule has 166 valence electrons. The lowest BCUT2D eigenvalue weighted by atomic mass is 9.92. The number of amides is 1. The van der Waals surface area contributed by atoms with Crippen LogP contribution in [0.25, 0.3) is 27.5 Å². The predicted molar refractivity (Wildman–Crippen MR) is 128 cm³/mol. The number of hydrogen-bond acceptors (Lipinski definition) is 5. The Balaban J connectivity index is 1.46. The quantitative estimate of drug-likeness (QED) is 0.450. The number of rotatable bonds is 6. The highest BCUT2D eigenvalue weighted by atomic mass is 16.5. The molecule has 1 aliphatic rings. The summed E-state index contributed by atoms with van der Waals surface area (Å²) in [5, 5.41) is 9.93. The van der Waals surface area contributed by atoms with Crippen LogP contribution < -0.4 is 4.74 Å². The van der Waals surface area contributed by atoms with Gasteiger partial charge in [-0.15, -0.1) is 5.10 Å². The van der Waals surface area contributed by atoms with E-state index in [1.54, 1.807) is 24.2 Å². The zero-order valence-electron chi connectivity index (χ0n) is 18.5. The van der Waals surface area contributed by atoms with Crippen molar-refractivity contribution in [3.05, 3.63) is 78.9 Å². The molecular formula is C26H25N5O2. The number of carbonyl (C=O) groups is 1. The van der Waals surface area contributed by atoms with Gasteiger partial charge >= 0.3 is 0 Å². The highest BCUT2D eigenvalue weighted by Crippen LogP contribution is 2.37. The molecule has 33 heavy (non-hydrogen) atoms. The molecule has 4 aromatic rings. The molecule has 1 aliphatic heterocycles. The minimum Gasteiger partial charge on any atom is -0.496 e. The maximum absolute atomic E-state index is 12.9. The molecule has 2 aromatic heterocycles. The molecule has 0 saturated carbocycles. The molecule has 5 rings (SSSR count).